The summed E-state index contributed by atoms with van der Waals surface area (Å²) in [5, 5.41) is 6.12. The van der Waals surface area contributed by atoms with Crippen LogP contribution >= 0.6 is 11.3 Å². The fraction of sp³-hybridized carbons (Fsp3) is 0.733. The van der Waals surface area contributed by atoms with Crippen LogP contribution in [0.3, 0.4) is 0 Å². The van der Waals surface area contributed by atoms with E-state index in [2.05, 4.69) is 17.2 Å². The Labute approximate surface area is 134 Å². The van der Waals surface area contributed by atoms with Gasteiger partial charge in [-0.25, -0.2) is 9.78 Å². The minimum absolute atomic E-state index is 0.00650. The van der Waals surface area contributed by atoms with E-state index >= 15 is 0 Å². The van der Waals surface area contributed by atoms with E-state index in [-0.39, 0.29) is 11.9 Å². The first-order valence-electron chi connectivity index (χ1n) is 7.81. The molecule has 7 heteroatoms. The summed E-state index contributed by atoms with van der Waals surface area (Å²) in [4.78, 5) is 18.6. The van der Waals surface area contributed by atoms with Gasteiger partial charge in [-0.2, -0.15) is 0 Å². The van der Waals surface area contributed by atoms with Crippen molar-refractivity contribution in [1.82, 2.24) is 15.2 Å². The molecule has 2 amide bonds. The lowest BCUT2D eigenvalue weighted by atomic mass is 10.0. The van der Waals surface area contributed by atoms with Crippen molar-refractivity contribution in [2.24, 2.45) is 0 Å². The Morgan fingerprint density at radius 3 is 2.73 bits per heavy atom. The van der Waals surface area contributed by atoms with Crippen LogP contribution in [0.25, 0.3) is 0 Å². The highest BCUT2D eigenvalue weighted by Gasteiger charge is 2.40. The molecule has 1 aromatic heterocycles. The lowest BCUT2D eigenvalue weighted by molar-refractivity contribution is -0.181. The zero-order valence-electron chi connectivity index (χ0n) is 13.1. The molecule has 1 spiro atoms. The van der Waals surface area contributed by atoms with Gasteiger partial charge in [-0.05, 0) is 6.92 Å². The summed E-state index contributed by atoms with van der Waals surface area (Å²) in [5.41, 5.74) is 1.04. The third-order valence-corrected chi connectivity index (χ3v) is 5.44. The second-order valence-corrected chi connectivity index (χ2v) is 6.90. The Morgan fingerprint density at radius 2 is 2.14 bits per heavy atom. The van der Waals surface area contributed by atoms with Gasteiger partial charge in [-0.15, -0.1) is 11.3 Å². The van der Waals surface area contributed by atoms with Gasteiger partial charge >= 0.3 is 6.03 Å². The monoisotopic (exact) mass is 325 g/mol. The third kappa shape index (κ3) is 3.42. The van der Waals surface area contributed by atoms with Gasteiger partial charge in [-0.1, -0.05) is 6.92 Å². The fourth-order valence-electron chi connectivity index (χ4n) is 2.87. The molecule has 0 bridgehead atoms. The number of thiazole rings is 1. The van der Waals surface area contributed by atoms with Crippen LogP contribution in [-0.2, 0) is 9.47 Å². The molecule has 1 atom stereocenters. The Bertz CT molecular complexity index is 518. The van der Waals surface area contributed by atoms with E-state index in [4.69, 9.17) is 9.47 Å². The molecular weight excluding hydrogens is 302 g/mol. The average molecular weight is 325 g/mol. The number of amides is 2. The predicted octanol–water partition coefficient (Wildman–Crippen LogP) is 2.10. The van der Waals surface area contributed by atoms with Crippen LogP contribution in [0.2, 0.25) is 0 Å². The van der Waals surface area contributed by atoms with Crippen molar-refractivity contribution in [3.63, 3.8) is 0 Å². The summed E-state index contributed by atoms with van der Waals surface area (Å²) < 4.78 is 11.4. The number of ether oxygens (including phenoxy) is 2. The van der Waals surface area contributed by atoms with E-state index < -0.39 is 5.79 Å². The summed E-state index contributed by atoms with van der Waals surface area (Å²) in [6.45, 7) is 7.37. The summed E-state index contributed by atoms with van der Waals surface area (Å²) in [6.07, 6.45) is 1.50. The third-order valence-electron chi connectivity index (χ3n) is 4.24. The summed E-state index contributed by atoms with van der Waals surface area (Å²) in [6, 6.07) is -0.00650. The number of aryl methyl sites for hydroxylation is 1. The second kappa shape index (κ2) is 6.52. The predicted molar refractivity (Wildman–Crippen MR) is 84.1 cm³/mol. The summed E-state index contributed by atoms with van der Waals surface area (Å²) >= 11 is 1.65. The standard InChI is InChI=1S/C15H23N3O3S/c1-11(13-17-12(2)10-22-13)9-16-14(19)18-5-3-15(4-6-18)20-7-8-21-15/h10-11H,3-9H2,1-2H3,(H,16,19)/t11-/m1/s1. The number of nitrogens with zero attached hydrogens (tertiary/aromatic N) is 2. The molecule has 2 saturated heterocycles. The van der Waals surface area contributed by atoms with Gasteiger partial charge in [0.05, 0.1) is 18.2 Å². The SMILES string of the molecule is Cc1csc([C@H](C)CNC(=O)N2CCC3(CC2)OCCO3)n1. The summed E-state index contributed by atoms with van der Waals surface area (Å²) in [7, 11) is 0. The topological polar surface area (TPSA) is 63.7 Å². The first-order chi connectivity index (χ1) is 10.6. The van der Waals surface area contributed by atoms with Gasteiger partial charge in [0, 0.05) is 49.5 Å². The molecule has 1 aromatic rings. The fourth-order valence-corrected chi connectivity index (χ4v) is 3.73. The maximum atomic E-state index is 12.3. The van der Waals surface area contributed by atoms with Crippen LogP contribution in [0.15, 0.2) is 5.38 Å². The lowest BCUT2D eigenvalue weighted by Gasteiger charge is -2.37. The Hall–Kier alpha value is -1.18. The minimum atomic E-state index is -0.428. The molecule has 2 fully saturated rings. The number of urea groups is 1. The lowest BCUT2D eigenvalue weighted by Crippen LogP contribution is -2.50. The molecule has 2 aliphatic rings. The summed E-state index contributed by atoms with van der Waals surface area (Å²) in [5.74, 6) is -0.192. The van der Waals surface area contributed by atoms with Crippen molar-refractivity contribution >= 4 is 17.4 Å². The maximum Gasteiger partial charge on any atom is 0.317 e. The van der Waals surface area contributed by atoms with Gasteiger partial charge < -0.3 is 19.7 Å². The number of likely N-dealkylation sites (tertiary alicyclic amines) is 1. The van der Waals surface area contributed by atoms with Crippen molar-refractivity contribution in [3.8, 4) is 0 Å². The minimum Gasteiger partial charge on any atom is -0.347 e. The normalized spacial score (nSPS) is 22.0. The van der Waals surface area contributed by atoms with Crippen LogP contribution in [0.1, 0.15) is 36.4 Å². The largest absolute Gasteiger partial charge is 0.347 e. The molecule has 0 radical (unpaired) electrons. The molecule has 22 heavy (non-hydrogen) atoms. The van der Waals surface area contributed by atoms with E-state index in [0.29, 0.717) is 32.8 Å². The van der Waals surface area contributed by atoms with Gasteiger partial charge in [0.15, 0.2) is 5.79 Å². The molecule has 1 N–H and O–H groups in total. The van der Waals surface area contributed by atoms with E-state index in [1.54, 1.807) is 11.3 Å². The highest BCUT2D eigenvalue weighted by molar-refractivity contribution is 7.09. The Balaban J connectivity index is 1.44. The molecule has 3 rings (SSSR count). The zero-order valence-corrected chi connectivity index (χ0v) is 13.9. The highest BCUT2D eigenvalue weighted by atomic mass is 32.1. The number of aromatic nitrogens is 1. The number of piperidine rings is 1. The molecule has 3 heterocycles. The van der Waals surface area contributed by atoms with Crippen LogP contribution in [0.4, 0.5) is 4.79 Å². The highest BCUT2D eigenvalue weighted by Crippen LogP contribution is 2.31. The quantitative estimate of drug-likeness (QED) is 0.924. The molecule has 0 aliphatic carbocycles. The average Bonchev–Trinajstić information content (AvgIpc) is 3.15. The van der Waals surface area contributed by atoms with Crippen LogP contribution in [0, 0.1) is 6.92 Å². The molecule has 6 nitrogen and oxygen atoms in total. The Morgan fingerprint density at radius 1 is 1.45 bits per heavy atom. The van der Waals surface area contributed by atoms with E-state index in [1.165, 1.54) is 0 Å². The van der Waals surface area contributed by atoms with Crippen LogP contribution in [-0.4, -0.2) is 54.6 Å². The molecule has 122 valence electrons. The molecular formula is C15H23N3O3S. The smallest absolute Gasteiger partial charge is 0.317 e. The van der Waals surface area contributed by atoms with E-state index in [1.807, 2.05) is 17.2 Å². The number of hydrogen-bond donors (Lipinski definition) is 1. The first-order valence-corrected chi connectivity index (χ1v) is 8.69. The van der Waals surface area contributed by atoms with Crippen molar-refractivity contribution in [3.05, 3.63) is 16.1 Å². The van der Waals surface area contributed by atoms with Crippen molar-refractivity contribution in [1.29, 1.82) is 0 Å². The van der Waals surface area contributed by atoms with Crippen LogP contribution in [0.5, 0.6) is 0 Å². The number of rotatable bonds is 3. The number of nitrogens with one attached hydrogen (secondary N) is 1. The van der Waals surface area contributed by atoms with Crippen molar-refractivity contribution in [2.75, 3.05) is 32.8 Å². The Kier molecular flexibility index (Phi) is 4.65. The maximum absolute atomic E-state index is 12.3. The van der Waals surface area contributed by atoms with E-state index in [0.717, 1.165) is 23.5 Å². The van der Waals surface area contributed by atoms with Gasteiger partial charge in [0.2, 0.25) is 0 Å². The molecule has 0 unspecified atom stereocenters. The van der Waals surface area contributed by atoms with E-state index in [9.17, 15) is 4.79 Å². The number of hydrogen-bond acceptors (Lipinski definition) is 5. The number of carbonyl (C=O) groups excluding carboxylic acids is 1. The molecule has 2 aliphatic heterocycles. The molecule has 0 saturated carbocycles. The van der Waals surface area contributed by atoms with Gasteiger partial charge in [0.1, 0.15) is 0 Å². The van der Waals surface area contributed by atoms with Crippen LogP contribution < -0.4 is 5.32 Å². The molecule has 0 aromatic carbocycles. The van der Waals surface area contributed by atoms with Gasteiger partial charge in [0.25, 0.3) is 0 Å². The zero-order chi connectivity index (χ0) is 15.6. The number of carbonyl (C=O) groups is 1. The van der Waals surface area contributed by atoms with Gasteiger partial charge in [-0.3, -0.25) is 0 Å². The second-order valence-electron chi connectivity index (χ2n) is 6.01. The van der Waals surface area contributed by atoms with Crippen molar-refractivity contribution < 1.29 is 14.3 Å². The van der Waals surface area contributed by atoms with Crippen molar-refractivity contribution in [2.45, 2.75) is 38.4 Å². The first kappa shape index (κ1) is 15.7.